The topological polar surface area (TPSA) is 17.0 Å². The Morgan fingerprint density at radius 2 is 1.71 bits per heavy atom. The highest BCUT2D eigenvalue weighted by atomic mass is 35.5. The maximum Gasteiger partial charge on any atom is 0.0509 e. The van der Waals surface area contributed by atoms with Crippen molar-refractivity contribution >= 4 is 34.1 Å². The van der Waals surface area contributed by atoms with Crippen molar-refractivity contribution in [2.75, 3.05) is 7.05 Å². The predicted molar refractivity (Wildman–Crippen MR) is 90.3 cm³/mol. The van der Waals surface area contributed by atoms with Crippen molar-refractivity contribution in [2.45, 2.75) is 13.1 Å². The van der Waals surface area contributed by atoms with Gasteiger partial charge >= 0.3 is 0 Å². The Balaban J connectivity index is 2.12. The lowest BCUT2D eigenvalue weighted by molar-refractivity contribution is 0.709. The molecule has 21 heavy (non-hydrogen) atoms. The molecule has 1 N–H and O–H groups in total. The van der Waals surface area contributed by atoms with Crippen LogP contribution in [0.4, 0.5) is 0 Å². The van der Waals surface area contributed by atoms with Gasteiger partial charge in [-0.15, -0.1) is 0 Å². The Kier molecular flexibility index (Phi) is 4.20. The molecule has 0 unspecified atom stereocenters. The molecule has 0 fully saturated rings. The van der Waals surface area contributed by atoms with Crippen molar-refractivity contribution in [3.05, 3.63) is 69.8 Å². The van der Waals surface area contributed by atoms with E-state index < -0.39 is 0 Å². The monoisotopic (exact) mass is 318 g/mol. The van der Waals surface area contributed by atoms with Crippen LogP contribution in [0.15, 0.2) is 48.5 Å². The number of aromatic nitrogens is 1. The van der Waals surface area contributed by atoms with Gasteiger partial charge in [-0.2, -0.15) is 0 Å². The van der Waals surface area contributed by atoms with Gasteiger partial charge in [0.05, 0.1) is 6.54 Å². The maximum atomic E-state index is 6.31. The van der Waals surface area contributed by atoms with E-state index in [-0.39, 0.29) is 0 Å². The molecule has 0 amide bonds. The van der Waals surface area contributed by atoms with Crippen LogP contribution in [0.5, 0.6) is 0 Å². The van der Waals surface area contributed by atoms with Gasteiger partial charge in [-0.3, -0.25) is 0 Å². The van der Waals surface area contributed by atoms with E-state index in [4.69, 9.17) is 23.2 Å². The number of halogens is 2. The van der Waals surface area contributed by atoms with Crippen molar-refractivity contribution in [1.82, 2.24) is 9.88 Å². The standard InChI is InChI=1S/C17H16Cl2N2/c1-20-10-13-9-12-5-2-3-8-17(12)21(13)11-14-15(18)6-4-7-16(14)19/h2-9,20H,10-11H2,1H3. The molecule has 1 aromatic heterocycles. The molecule has 3 aromatic rings. The van der Waals surface area contributed by atoms with E-state index in [1.165, 1.54) is 16.6 Å². The molecule has 0 saturated carbocycles. The van der Waals surface area contributed by atoms with Crippen LogP contribution < -0.4 is 5.32 Å². The smallest absolute Gasteiger partial charge is 0.0509 e. The van der Waals surface area contributed by atoms with E-state index in [1.807, 2.05) is 25.2 Å². The van der Waals surface area contributed by atoms with Crippen LogP contribution in [-0.4, -0.2) is 11.6 Å². The zero-order chi connectivity index (χ0) is 14.8. The molecule has 0 aliphatic rings. The summed E-state index contributed by atoms with van der Waals surface area (Å²) in [6.07, 6.45) is 0. The summed E-state index contributed by atoms with van der Waals surface area (Å²) in [5, 5.41) is 5.85. The summed E-state index contributed by atoms with van der Waals surface area (Å²) in [4.78, 5) is 0. The van der Waals surface area contributed by atoms with Crippen molar-refractivity contribution in [1.29, 1.82) is 0 Å². The second-order valence-electron chi connectivity index (χ2n) is 5.01. The molecule has 0 radical (unpaired) electrons. The number of rotatable bonds is 4. The predicted octanol–water partition coefficient (Wildman–Crippen LogP) is 4.72. The van der Waals surface area contributed by atoms with E-state index in [1.54, 1.807) is 0 Å². The number of hydrogen-bond acceptors (Lipinski definition) is 1. The normalized spacial score (nSPS) is 11.2. The summed E-state index contributed by atoms with van der Waals surface area (Å²) in [5.74, 6) is 0. The number of nitrogens with zero attached hydrogens (tertiary/aromatic N) is 1. The summed E-state index contributed by atoms with van der Waals surface area (Å²) < 4.78 is 2.26. The number of fused-ring (bicyclic) bond motifs is 1. The van der Waals surface area contributed by atoms with Gasteiger partial charge in [-0.05, 0) is 36.7 Å². The summed E-state index contributed by atoms with van der Waals surface area (Å²) in [6, 6.07) is 16.2. The third-order valence-corrected chi connectivity index (χ3v) is 4.34. The average molecular weight is 319 g/mol. The lowest BCUT2D eigenvalue weighted by atomic mass is 10.2. The van der Waals surface area contributed by atoms with Gasteiger partial charge in [-0.25, -0.2) is 0 Å². The molecule has 3 rings (SSSR count). The van der Waals surface area contributed by atoms with Gasteiger partial charge < -0.3 is 9.88 Å². The second-order valence-corrected chi connectivity index (χ2v) is 5.83. The van der Waals surface area contributed by atoms with Crippen LogP contribution >= 0.6 is 23.2 Å². The van der Waals surface area contributed by atoms with Crippen LogP contribution in [-0.2, 0) is 13.1 Å². The van der Waals surface area contributed by atoms with Gasteiger partial charge in [0.2, 0.25) is 0 Å². The van der Waals surface area contributed by atoms with E-state index in [9.17, 15) is 0 Å². The van der Waals surface area contributed by atoms with Crippen molar-refractivity contribution < 1.29 is 0 Å². The lowest BCUT2D eigenvalue weighted by Crippen LogP contribution is -2.12. The van der Waals surface area contributed by atoms with Crippen LogP contribution in [0.25, 0.3) is 10.9 Å². The zero-order valence-corrected chi connectivity index (χ0v) is 13.2. The Labute approximate surface area is 134 Å². The number of benzene rings is 2. The molecule has 0 saturated heterocycles. The SMILES string of the molecule is CNCc1cc2ccccc2n1Cc1c(Cl)cccc1Cl. The second kappa shape index (κ2) is 6.10. The Hall–Kier alpha value is -1.48. The van der Waals surface area contributed by atoms with Gasteiger partial charge in [0.1, 0.15) is 0 Å². The molecular weight excluding hydrogens is 303 g/mol. The fourth-order valence-corrected chi connectivity index (χ4v) is 3.14. The van der Waals surface area contributed by atoms with Crippen molar-refractivity contribution in [3.63, 3.8) is 0 Å². The molecule has 0 aliphatic carbocycles. The van der Waals surface area contributed by atoms with Gasteiger partial charge in [0.15, 0.2) is 0 Å². The van der Waals surface area contributed by atoms with Gasteiger partial charge in [-0.1, -0.05) is 47.5 Å². The average Bonchev–Trinajstić information content (AvgIpc) is 2.81. The first kappa shape index (κ1) is 14.5. The van der Waals surface area contributed by atoms with Crippen molar-refractivity contribution in [2.24, 2.45) is 0 Å². The minimum Gasteiger partial charge on any atom is -0.339 e. The third kappa shape index (κ3) is 2.80. The van der Waals surface area contributed by atoms with E-state index in [0.717, 1.165) is 12.1 Å². The Morgan fingerprint density at radius 1 is 1.00 bits per heavy atom. The number of hydrogen-bond donors (Lipinski definition) is 1. The fraction of sp³-hybridized carbons (Fsp3) is 0.176. The quantitative estimate of drug-likeness (QED) is 0.736. The molecule has 0 atom stereocenters. The minimum absolute atomic E-state index is 0.670. The number of para-hydroxylation sites is 1. The van der Waals surface area contributed by atoms with E-state index in [2.05, 4.69) is 40.2 Å². The molecule has 2 aromatic carbocycles. The summed E-state index contributed by atoms with van der Waals surface area (Å²) in [7, 11) is 1.95. The van der Waals surface area contributed by atoms with Crippen LogP contribution in [0.3, 0.4) is 0 Å². The molecular formula is C17H16Cl2N2. The van der Waals surface area contributed by atoms with Crippen LogP contribution in [0.2, 0.25) is 10.0 Å². The van der Waals surface area contributed by atoms with Crippen LogP contribution in [0.1, 0.15) is 11.3 Å². The Bertz CT molecular complexity index is 757. The first-order chi connectivity index (χ1) is 10.2. The molecule has 1 heterocycles. The van der Waals surface area contributed by atoms with Gasteiger partial charge in [0, 0.05) is 33.4 Å². The Morgan fingerprint density at radius 3 is 2.43 bits per heavy atom. The number of nitrogens with one attached hydrogen (secondary N) is 1. The molecule has 2 nitrogen and oxygen atoms in total. The summed E-state index contributed by atoms with van der Waals surface area (Å²) >= 11 is 12.6. The third-order valence-electron chi connectivity index (χ3n) is 3.63. The highest BCUT2D eigenvalue weighted by Gasteiger charge is 2.12. The molecule has 4 heteroatoms. The molecule has 0 aliphatic heterocycles. The minimum atomic E-state index is 0.670. The molecule has 0 spiro atoms. The highest BCUT2D eigenvalue weighted by molar-refractivity contribution is 6.36. The first-order valence-electron chi connectivity index (χ1n) is 6.85. The molecule has 0 bridgehead atoms. The van der Waals surface area contributed by atoms with Crippen LogP contribution in [0, 0.1) is 0 Å². The van der Waals surface area contributed by atoms with Gasteiger partial charge in [0.25, 0.3) is 0 Å². The first-order valence-corrected chi connectivity index (χ1v) is 7.61. The highest BCUT2D eigenvalue weighted by Crippen LogP contribution is 2.28. The summed E-state index contributed by atoms with van der Waals surface area (Å²) in [6.45, 7) is 1.47. The fourth-order valence-electron chi connectivity index (χ4n) is 2.62. The zero-order valence-electron chi connectivity index (χ0n) is 11.7. The lowest BCUT2D eigenvalue weighted by Gasteiger charge is -2.13. The van der Waals surface area contributed by atoms with E-state index in [0.29, 0.717) is 16.6 Å². The van der Waals surface area contributed by atoms with Crippen molar-refractivity contribution in [3.8, 4) is 0 Å². The largest absolute Gasteiger partial charge is 0.339 e. The maximum absolute atomic E-state index is 6.31. The molecule has 108 valence electrons. The van der Waals surface area contributed by atoms with E-state index >= 15 is 0 Å². The summed E-state index contributed by atoms with van der Waals surface area (Å²) in [5.41, 5.74) is 3.37.